The smallest absolute Gasteiger partial charge is 0.358 e. The molecular weight excluding hydrogens is 326 g/mol. The predicted octanol–water partition coefficient (Wildman–Crippen LogP) is 1.87. The molecule has 0 atom stereocenters. The van der Waals surface area contributed by atoms with E-state index in [0.717, 1.165) is 5.56 Å². The number of carbonyl (C=O) groups is 3. The summed E-state index contributed by atoms with van der Waals surface area (Å²) < 4.78 is 4.82. The van der Waals surface area contributed by atoms with Gasteiger partial charge in [-0.2, -0.15) is 11.3 Å². The number of amides is 3. The van der Waals surface area contributed by atoms with Gasteiger partial charge < -0.3 is 10.1 Å². The van der Waals surface area contributed by atoms with Gasteiger partial charge in [-0.05, 0) is 18.4 Å². The molecule has 0 aromatic carbocycles. The van der Waals surface area contributed by atoms with Gasteiger partial charge in [0.15, 0.2) is 12.3 Å². The molecule has 0 bridgehead atoms. The van der Waals surface area contributed by atoms with Gasteiger partial charge >= 0.3 is 12.0 Å². The summed E-state index contributed by atoms with van der Waals surface area (Å²) in [5, 5.41) is 10.5. The van der Waals surface area contributed by atoms with E-state index in [1.165, 1.54) is 22.7 Å². The summed E-state index contributed by atoms with van der Waals surface area (Å²) in [6, 6.07) is 1.27. The minimum absolute atomic E-state index is 0.136. The van der Waals surface area contributed by atoms with Gasteiger partial charge in [-0.25, -0.2) is 14.6 Å². The van der Waals surface area contributed by atoms with Crippen molar-refractivity contribution in [3.63, 3.8) is 0 Å². The van der Waals surface area contributed by atoms with E-state index in [1.807, 2.05) is 22.1 Å². The second-order valence-electron chi connectivity index (χ2n) is 4.03. The molecule has 0 radical (unpaired) electrons. The molecule has 116 valence electrons. The number of carbonyl (C=O) groups excluding carboxylic acids is 3. The predicted molar refractivity (Wildman–Crippen MR) is 82.9 cm³/mol. The molecule has 0 saturated heterocycles. The highest BCUT2D eigenvalue weighted by molar-refractivity contribution is 7.14. The first kappa shape index (κ1) is 16.1. The first-order valence-electron chi connectivity index (χ1n) is 6.33. The normalized spacial score (nSPS) is 10.0. The van der Waals surface area contributed by atoms with Crippen molar-refractivity contribution < 1.29 is 19.1 Å². The van der Waals surface area contributed by atoms with Crippen LogP contribution in [0.2, 0.25) is 0 Å². The van der Waals surface area contributed by atoms with Crippen molar-refractivity contribution in [3.8, 4) is 10.6 Å². The van der Waals surface area contributed by atoms with E-state index in [4.69, 9.17) is 4.74 Å². The van der Waals surface area contributed by atoms with Crippen LogP contribution in [0.5, 0.6) is 0 Å². The molecule has 0 fully saturated rings. The van der Waals surface area contributed by atoms with E-state index in [9.17, 15) is 14.4 Å². The quantitative estimate of drug-likeness (QED) is 0.811. The van der Waals surface area contributed by atoms with Crippen LogP contribution in [-0.4, -0.2) is 36.0 Å². The number of nitrogens with one attached hydrogen (secondary N) is 2. The molecule has 0 saturated carbocycles. The highest BCUT2D eigenvalue weighted by atomic mass is 32.1. The molecule has 2 rings (SSSR count). The Balaban J connectivity index is 1.85. The van der Waals surface area contributed by atoms with E-state index in [-0.39, 0.29) is 5.69 Å². The summed E-state index contributed by atoms with van der Waals surface area (Å²) in [6.45, 7) is 1.57. The zero-order chi connectivity index (χ0) is 15.9. The number of nitrogens with zero attached hydrogens (tertiary/aromatic N) is 1. The third kappa shape index (κ3) is 4.37. The molecule has 0 aliphatic heterocycles. The maximum Gasteiger partial charge on any atom is 0.358 e. The summed E-state index contributed by atoms with van der Waals surface area (Å²) in [6.07, 6.45) is 0. The van der Waals surface area contributed by atoms with E-state index in [2.05, 4.69) is 10.3 Å². The zero-order valence-corrected chi connectivity index (χ0v) is 13.3. The van der Waals surface area contributed by atoms with Gasteiger partial charge in [-0.1, -0.05) is 0 Å². The first-order valence-corrected chi connectivity index (χ1v) is 8.15. The number of urea groups is 1. The molecule has 3 amide bonds. The van der Waals surface area contributed by atoms with E-state index in [0.29, 0.717) is 11.6 Å². The summed E-state index contributed by atoms with van der Waals surface area (Å²) in [7, 11) is 0. The van der Waals surface area contributed by atoms with Crippen LogP contribution >= 0.6 is 22.7 Å². The third-order valence-corrected chi connectivity index (χ3v) is 3.98. The van der Waals surface area contributed by atoms with E-state index >= 15 is 0 Å². The Bertz CT molecular complexity index is 667. The lowest BCUT2D eigenvalue weighted by Crippen LogP contribution is -2.41. The van der Waals surface area contributed by atoms with Gasteiger partial charge in [0.25, 0.3) is 5.91 Å². The van der Waals surface area contributed by atoms with Crippen LogP contribution in [0.3, 0.4) is 0 Å². The molecule has 0 aliphatic carbocycles. The summed E-state index contributed by atoms with van der Waals surface area (Å²) in [5.41, 5.74) is 1.07. The number of rotatable bonds is 5. The molecule has 2 heterocycles. The van der Waals surface area contributed by atoms with Crippen molar-refractivity contribution in [2.24, 2.45) is 0 Å². The molecule has 7 nitrogen and oxygen atoms in total. The standard InChI is InChI=1S/C13H13N3O4S2/c1-2-14-13(19)16-10(17)5-20-12(18)9-7-22-11(15-9)8-3-4-21-6-8/h3-4,6-7H,2,5H2,1H3,(H2,14,16,17,19). The van der Waals surface area contributed by atoms with Crippen molar-refractivity contribution in [2.45, 2.75) is 6.92 Å². The van der Waals surface area contributed by atoms with Crippen LogP contribution in [0.25, 0.3) is 10.6 Å². The second kappa shape index (κ2) is 7.66. The van der Waals surface area contributed by atoms with Crippen molar-refractivity contribution in [3.05, 3.63) is 27.9 Å². The number of hydrogen-bond acceptors (Lipinski definition) is 7. The number of esters is 1. The molecule has 2 aromatic rings. The monoisotopic (exact) mass is 339 g/mol. The fourth-order valence-corrected chi connectivity index (χ4v) is 2.96. The average molecular weight is 339 g/mol. The molecule has 22 heavy (non-hydrogen) atoms. The number of hydrogen-bond donors (Lipinski definition) is 2. The molecule has 2 N–H and O–H groups in total. The van der Waals surface area contributed by atoms with Gasteiger partial charge in [-0.15, -0.1) is 11.3 Å². The van der Waals surface area contributed by atoms with Crippen molar-refractivity contribution in [2.75, 3.05) is 13.2 Å². The number of ether oxygens (including phenoxy) is 1. The summed E-state index contributed by atoms with van der Waals surface area (Å²) in [4.78, 5) is 38.4. The highest BCUT2D eigenvalue weighted by Crippen LogP contribution is 2.25. The van der Waals surface area contributed by atoms with E-state index in [1.54, 1.807) is 12.3 Å². The fourth-order valence-electron chi connectivity index (χ4n) is 1.46. The van der Waals surface area contributed by atoms with Crippen molar-refractivity contribution >= 4 is 40.6 Å². The van der Waals surface area contributed by atoms with Gasteiger partial charge in [-0.3, -0.25) is 10.1 Å². The lowest BCUT2D eigenvalue weighted by Gasteiger charge is -2.04. The largest absolute Gasteiger partial charge is 0.451 e. The molecular formula is C13H13N3O4S2. The van der Waals surface area contributed by atoms with E-state index < -0.39 is 24.5 Å². The Morgan fingerprint density at radius 3 is 2.82 bits per heavy atom. The highest BCUT2D eigenvalue weighted by Gasteiger charge is 2.15. The average Bonchev–Trinajstić information content (AvgIpc) is 3.15. The molecule has 0 unspecified atom stereocenters. The van der Waals surface area contributed by atoms with Crippen LogP contribution in [0, 0.1) is 0 Å². The minimum Gasteiger partial charge on any atom is -0.451 e. The Morgan fingerprint density at radius 1 is 1.32 bits per heavy atom. The van der Waals surface area contributed by atoms with Crippen molar-refractivity contribution in [1.29, 1.82) is 0 Å². The van der Waals surface area contributed by atoms with Gasteiger partial charge in [0.1, 0.15) is 5.01 Å². The fraction of sp³-hybridized carbons (Fsp3) is 0.231. The first-order chi connectivity index (χ1) is 10.6. The van der Waals surface area contributed by atoms with Crippen LogP contribution < -0.4 is 10.6 Å². The SMILES string of the molecule is CCNC(=O)NC(=O)COC(=O)c1csc(-c2ccsc2)n1. The topological polar surface area (TPSA) is 97.4 Å². The maximum absolute atomic E-state index is 11.8. The zero-order valence-electron chi connectivity index (χ0n) is 11.6. The number of imide groups is 1. The molecule has 9 heteroatoms. The Hall–Kier alpha value is -2.26. The Kier molecular flexibility index (Phi) is 5.61. The van der Waals surface area contributed by atoms with Crippen LogP contribution in [0.4, 0.5) is 4.79 Å². The Labute approximate surface area is 134 Å². The maximum atomic E-state index is 11.8. The van der Waals surface area contributed by atoms with Gasteiger partial charge in [0.2, 0.25) is 0 Å². The van der Waals surface area contributed by atoms with Crippen LogP contribution in [0.1, 0.15) is 17.4 Å². The van der Waals surface area contributed by atoms with Crippen molar-refractivity contribution in [1.82, 2.24) is 15.6 Å². The summed E-state index contributed by atoms with van der Waals surface area (Å²) in [5.74, 6) is -1.41. The number of aromatic nitrogens is 1. The molecule has 0 spiro atoms. The van der Waals surface area contributed by atoms with Gasteiger partial charge in [0.05, 0.1) is 0 Å². The van der Waals surface area contributed by atoms with Gasteiger partial charge in [0, 0.05) is 22.9 Å². The molecule has 0 aliphatic rings. The second-order valence-corrected chi connectivity index (χ2v) is 5.67. The lowest BCUT2D eigenvalue weighted by atomic mass is 10.3. The Morgan fingerprint density at radius 2 is 2.14 bits per heavy atom. The lowest BCUT2D eigenvalue weighted by molar-refractivity contribution is -0.123. The summed E-state index contributed by atoms with van der Waals surface area (Å²) >= 11 is 2.85. The number of thiazole rings is 1. The number of thiophene rings is 1. The molecule has 2 aromatic heterocycles. The third-order valence-electron chi connectivity index (χ3n) is 2.41. The minimum atomic E-state index is -0.705. The van der Waals surface area contributed by atoms with Crippen LogP contribution in [0.15, 0.2) is 22.2 Å². The van der Waals surface area contributed by atoms with Crippen LogP contribution in [-0.2, 0) is 9.53 Å².